The van der Waals surface area contributed by atoms with Gasteiger partial charge < -0.3 is 5.32 Å². The zero-order valence-electron chi connectivity index (χ0n) is 13.1. The van der Waals surface area contributed by atoms with Crippen LogP contribution >= 0.6 is 23.2 Å². The Morgan fingerprint density at radius 2 is 1.72 bits per heavy atom. The third-order valence-corrected chi connectivity index (χ3v) is 5.98. The highest BCUT2D eigenvalue weighted by molar-refractivity contribution is 7.89. The van der Waals surface area contributed by atoms with Crippen LogP contribution in [0.15, 0.2) is 47.4 Å². The molecule has 1 amide bonds. The number of hydrogen-bond acceptors (Lipinski definition) is 3. The maximum absolute atomic E-state index is 12.3. The summed E-state index contributed by atoms with van der Waals surface area (Å²) < 4.78 is 27.1. The molecule has 0 spiro atoms. The van der Waals surface area contributed by atoms with Crippen LogP contribution < -0.4 is 10.0 Å². The molecule has 0 aromatic heterocycles. The number of rotatable bonds is 6. The molecule has 8 heteroatoms. The first-order chi connectivity index (χ1) is 11.8. The fraction of sp³-hybridized carbons (Fsp3) is 0.235. The van der Waals surface area contributed by atoms with Gasteiger partial charge in [-0.25, -0.2) is 13.1 Å². The third-order valence-electron chi connectivity index (χ3n) is 3.84. The summed E-state index contributed by atoms with van der Waals surface area (Å²) in [6.07, 6.45) is 1.89. The van der Waals surface area contributed by atoms with E-state index in [2.05, 4.69) is 10.0 Å². The van der Waals surface area contributed by atoms with Gasteiger partial charge in [0.05, 0.1) is 14.9 Å². The molecule has 0 bridgehead atoms. The number of carbonyl (C=O) groups excluding carboxylic acids is 1. The molecule has 132 valence electrons. The average molecular weight is 399 g/mol. The quantitative estimate of drug-likeness (QED) is 0.776. The van der Waals surface area contributed by atoms with Gasteiger partial charge in [-0.3, -0.25) is 4.79 Å². The van der Waals surface area contributed by atoms with Crippen molar-refractivity contribution in [1.29, 1.82) is 0 Å². The molecule has 0 heterocycles. The smallest absolute Gasteiger partial charge is 0.240 e. The summed E-state index contributed by atoms with van der Waals surface area (Å²) in [5.74, 6) is 0.172. The molecule has 0 aliphatic heterocycles. The molecule has 0 saturated heterocycles. The van der Waals surface area contributed by atoms with Gasteiger partial charge in [-0.05, 0) is 48.7 Å². The summed E-state index contributed by atoms with van der Waals surface area (Å²) in [5, 5.41) is 3.31. The van der Waals surface area contributed by atoms with Crippen LogP contribution in [0.1, 0.15) is 18.4 Å². The van der Waals surface area contributed by atoms with Gasteiger partial charge in [0.15, 0.2) is 0 Å². The normalized spacial score (nSPS) is 14.3. The molecule has 3 rings (SSSR count). The number of halogens is 2. The molecule has 1 saturated carbocycles. The lowest BCUT2D eigenvalue weighted by atomic mass is 10.2. The Morgan fingerprint density at radius 3 is 2.32 bits per heavy atom. The predicted octanol–water partition coefficient (Wildman–Crippen LogP) is 3.82. The number of benzene rings is 2. The van der Waals surface area contributed by atoms with E-state index in [1.54, 1.807) is 24.3 Å². The van der Waals surface area contributed by atoms with Crippen LogP contribution in [0.25, 0.3) is 0 Å². The van der Waals surface area contributed by atoms with Crippen molar-refractivity contribution in [2.24, 2.45) is 5.92 Å². The summed E-state index contributed by atoms with van der Waals surface area (Å²) in [7, 11) is -3.69. The van der Waals surface area contributed by atoms with E-state index >= 15 is 0 Å². The van der Waals surface area contributed by atoms with Gasteiger partial charge in [-0.2, -0.15) is 0 Å². The van der Waals surface area contributed by atoms with Gasteiger partial charge in [0.25, 0.3) is 0 Å². The molecule has 2 aromatic rings. The number of nitrogens with one attached hydrogen (secondary N) is 2. The largest absolute Gasteiger partial charge is 0.326 e. The van der Waals surface area contributed by atoms with Crippen LogP contribution in [0.2, 0.25) is 10.0 Å². The lowest BCUT2D eigenvalue weighted by Gasteiger charge is -2.09. The van der Waals surface area contributed by atoms with Gasteiger partial charge in [-0.15, -0.1) is 0 Å². The Labute approximate surface area is 156 Å². The summed E-state index contributed by atoms with van der Waals surface area (Å²) in [4.78, 5) is 11.8. The predicted molar refractivity (Wildman–Crippen MR) is 98.3 cm³/mol. The minimum absolute atomic E-state index is 0.0352. The molecule has 2 aromatic carbocycles. The van der Waals surface area contributed by atoms with E-state index in [1.807, 2.05) is 0 Å². The number of anilines is 1. The van der Waals surface area contributed by atoms with Gasteiger partial charge in [0.2, 0.25) is 15.9 Å². The van der Waals surface area contributed by atoms with Gasteiger partial charge in [0.1, 0.15) is 0 Å². The summed E-state index contributed by atoms with van der Waals surface area (Å²) in [6, 6.07) is 11.2. The maximum Gasteiger partial charge on any atom is 0.240 e. The molecule has 2 N–H and O–H groups in total. The molecule has 1 fully saturated rings. The maximum atomic E-state index is 12.3. The van der Waals surface area contributed by atoms with E-state index < -0.39 is 10.0 Å². The molecule has 0 radical (unpaired) electrons. The number of carbonyl (C=O) groups is 1. The van der Waals surface area contributed by atoms with E-state index in [9.17, 15) is 13.2 Å². The van der Waals surface area contributed by atoms with Crippen LogP contribution in [0.3, 0.4) is 0 Å². The highest BCUT2D eigenvalue weighted by Crippen LogP contribution is 2.30. The Hall–Kier alpha value is -1.60. The summed E-state index contributed by atoms with van der Waals surface area (Å²) >= 11 is 11.7. The molecule has 25 heavy (non-hydrogen) atoms. The first kappa shape index (κ1) is 18.2. The van der Waals surface area contributed by atoms with E-state index in [0.717, 1.165) is 18.4 Å². The summed E-state index contributed by atoms with van der Waals surface area (Å²) in [6.45, 7) is 0.124. The van der Waals surface area contributed by atoms with Gasteiger partial charge in [-0.1, -0.05) is 35.3 Å². The van der Waals surface area contributed by atoms with Crippen molar-refractivity contribution in [2.45, 2.75) is 24.3 Å². The van der Waals surface area contributed by atoms with Crippen molar-refractivity contribution in [3.8, 4) is 0 Å². The molecular formula is C17H16Cl2N2O3S. The Balaban J connectivity index is 1.62. The zero-order chi connectivity index (χ0) is 18.0. The Kier molecular flexibility index (Phi) is 5.34. The fourth-order valence-electron chi connectivity index (χ4n) is 2.20. The first-order valence-electron chi connectivity index (χ1n) is 7.70. The minimum atomic E-state index is -3.69. The zero-order valence-corrected chi connectivity index (χ0v) is 15.5. The Bertz CT molecular complexity index is 895. The van der Waals surface area contributed by atoms with E-state index in [4.69, 9.17) is 23.2 Å². The average Bonchev–Trinajstić information content (AvgIpc) is 3.42. The van der Waals surface area contributed by atoms with Gasteiger partial charge >= 0.3 is 0 Å². The molecule has 1 aliphatic rings. The topological polar surface area (TPSA) is 75.3 Å². The van der Waals surface area contributed by atoms with E-state index in [0.29, 0.717) is 10.7 Å². The van der Waals surface area contributed by atoms with Crippen molar-refractivity contribution in [3.05, 3.63) is 58.1 Å². The van der Waals surface area contributed by atoms with E-state index in [-0.39, 0.29) is 28.3 Å². The fourth-order valence-corrected chi connectivity index (χ4v) is 3.61. The van der Waals surface area contributed by atoms with Crippen LogP contribution in [-0.4, -0.2) is 14.3 Å². The minimum Gasteiger partial charge on any atom is -0.326 e. The van der Waals surface area contributed by atoms with Gasteiger partial charge in [0, 0.05) is 18.2 Å². The first-order valence-corrected chi connectivity index (χ1v) is 9.93. The molecule has 0 atom stereocenters. The van der Waals surface area contributed by atoms with Crippen molar-refractivity contribution < 1.29 is 13.2 Å². The molecular weight excluding hydrogens is 383 g/mol. The SMILES string of the molecule is O=C(Nc1ccc(CNS(=O)(=O)c2ccc(Cl)c(Cl)c2)cc1)C1CC1. The van der Waals surface area contributed by atoms with Crippen LogP contribution in [0.5, 0.6) is 0 Å². The van der Waals surface area contributed by atoms with Crippen LogP contribution in [-0.2, 0) is 21.4 Å². The van der Waals surface area contributed by atoms with Crippen molar-refractivity contribution in [2.75, 3.05) is 5.32 Å². The van der Waals surface area contributed by atoms with Crippen molar-refractivity contribution in [1.82, 2.24) is 4.72 Å². The molecule has 1 aliphatic carbocycles. The Morgan fingerprint density at radius 1 is 1.04 bits per heavy atom. The highest BCUT2D eigenvalue weighted by atomic mass is 35.5. The monoisotopic (exact) mass is 398 g/mol. The second-order valence-electron chi connectivity index (χ2n) is 5.86. The number of sulfonamides is 1. The van der Waals surface area contributed by atoms with Crippen molar-refractivity contribution in [3.63, 3.8) is 0 Å². The highest BCUT2D eigenvalue weighted by Gasteiger charge is 2.29. The van der Waals surface area contributed by atoms with E-state index in [1.165, 1.54) is 18.2 Å². The van der Waals surface area contributed by atoms with Crippen molar-refractivity contribution >= 4 is 44.8 Å². The summed E-state index contributed by atoms with van der Waals surface area (Å²) in [5.41, 5.74) is 1.47. The standard InChI is InChI=1S/C17H16Cl2N2O3S/c18-15-8-7-14(9-16(15)19)25(23,24)20-10-11-1-5-13(6-2-11)21-17(22)12-3-4-12/h1-2,5-9,12,20H,3-4,10H2,(H,21,22). The second kappa shape index (κ2) is 7.33. The van der Waals surface area contributed by atoms with Crippen LogP contribution in [0, 0.1) is 5.92 Å². The third kappa shape index (κ3) is 4.73. The second-order valence-corrected chi connectivity index (χ2v) is 8.44. The number of hydrogen-bond donors (Lipinski definition) is 2. The molecule has 0 unspecified atom stereocenters. The lowest BCUT2D eigenvalue weighted by molar-refractivity contribution is -0.117. The van der Waals surface area contributed by atoms with Crippen LogP contribution in [0.4, 0.5) is 5.69 Å². The number of amides is 1. The lowest BCUT2D eigenvalue weighted by Crippen LogP contribution is -2.23. The molecule has 5 nitrogen and oxygen atoms in total.